The number of hydrogen-bond donors (Lipinski definition) is 0. The van der Waals surface area contributed by atoms with E-state index in [0.29, 0.717) is 5.56 Å². The molecule has 0 saturated carbocycles. The summed E-state index contributed by atoms with van der Waals surface area (Å²) in [5.74, 6) is -1.09. The zero-order valence-corrected chi connectivity index (χ0v) is 11.3. The Balaban J connectivity index is 2.26. The third-order valence-corrected chi connectivity index (χ3v) is 2.66. The van der Waals surface area contributed by atoms with Gasteiger partial charge in [-0.05, 0) is 18.6 Å². The number of halogens is 3. The van der Waals surface area contributed by atoms with Crippen LogP contribution in [0.2, 0.25) is 0 Å². The zero-order chi connectivity index (χ0) is 15.6. The first kappa shape index (κ1) is 15.0. The molecule has 8 heteroatoms. The molecule has 0 aliphatic heterocycles. The summed E-state index contributed by atoms with van der Waals surface area (Å²) in [7, 11) is 1.48. The molecule has 21 heavy (non-hydrogen) atoms. The number of ether oxygens (including phenoxy) is 1. The van der Waals surface area contributed by atoms with Crippen LogP contribution in [-0.2, 0) is 11.8 Å². The Labute approximate surface area is 118 Å². The van der Waals surface area contributed by atoms with E-state index < -0.39 is 18.2 Å². The molecule has 5 nitrogen and oxygen atoms in total. The van der Waals surface area contributed by atoms with Crippen LogP contribution >= 0.6 is 0 Å². The van der Waals surface area contributed by atoms with Crippen molar-refractivity contribution in [3.8, 4) is 0 Å². The topological polar surface area (TPSA) is 57.0 Å². The van der Waals surface area contributed by atoms with E-state index in [1.54, 1.807) is 6.92 Å². The SMILES string of the molecule is Cc1cncc(C(=O)O[C@@H](c2cnn(C)c2)C(F)(F)F)c1. The van der Waals surface area contributed by atoms with Crippen LogP contribution in [-0.4, -0.2) is 26.9 Å². The molecular weight excluding hydrogens is 287 g/mol. The molecule has 0 aliphatic carbocycles. The number of nitrogens with zero attached hydrogens (tertiary/aromatic N) is 3. The highest BCUT2D eigenvalue weighted by molar-refractivity contribution is 5.89. The van der Waals surface area contributed by atoms with Gasteiger partial charge in [0, 0.05) is 31.2 Å². The van der Waals surface area contributed by atoms with Gasteiger partial charge in [0.2, 0.25) is 6.10 Å². The third kappa shape index (κ3) is 3.59. The molecule has 0 radical (unpaired) electrons. The van der Waals surface area contributed by atoms with Gasteiger partial charge in [-0.15, -0.1) is 0 Å². The number of esters is 1. The number of aromatic nitrogens is 3. The van der Waals surface area contributed by atoms with Gasteiger partial charge in [0.05, 0.1) is 11.8 Å². The molecule has 0 N–H and O–H groups in total. The molecule has 0 aromatic carbocycles. The van der Waals surface area contributed by atoms with E-state index in [1.807, 2.05) is 0 Å². The van der Waals surface area contributed by atoms with Gasteiger partial charge in [0.1, 0.15) is 0 Å². The minimum atomic E-state index is -4.73. The summed E-state index contributed by atoms with van der Waals surface area (Å²) in [5.41, 5.74) is 0.376. The molecule has 0 amide bonds. The van der Waals surface area contributed by atoms with Crippen molar-refractivity contribution in [2.45, 2.75) is 19.2 Å². The standard InChI is InChI=1S/C13H12F3N3O2/c1-8-3-9(5-17-4-8)12(20)21-11(13(14,15)16)10-6-18-19(2)7-10/h3-7,11H,1-2H3/t11-/m0/s1. The van der Waals surface area contributed by atoms with Crippen molar-refractivity contribution >= 4 is 5.97 Å². The average Bonchev–Trinajstić information content (AvgIpc) is 2.80. The number of carbonyl (C=O) groups excluding carboxylic acids is 1. The van der Waals surface area contributed by atoms with Crippen LogP contribution in [0.1, 0.15) is 27.6 Å². The number of aryl methyl sites for hydroxylation is 2. The van der Waals surface area contributed by atoms with Gasteiger partial charge in [0.15, 0.2) is 0 Å². The molecular formula is C13H12F3N3O2. The number of hydrogen-bond acceptors (Lipinski definition) is 4. The third-order valence-electron chi connectivity index (χ3n) is 2.66. The quantitative estimate of drug-likeness (QED) is 0.817. The molecule has 0 saturated heterocycles. The maximum atomic E-state index is 13.0. The first-order valence-corrected chi connectivity index (χ1v) is 5.95. The molecule has 2 aromatic heterocycles. The van der Waals surface area contributed by atoms with Crippen LogP contribution < -0.4 is 0 Å². The lowest BCUT2D eigenvalue weighted by atomic mass is 10.2. The highest BCUT2D eigenvalue weighted by Crippen LogP contribution is 2.36. The van der Waals surface area contributed by atoms with E-state index in [0.717, 1.165) is 18.6 Å². The van der Waals surface area contributed by atoms with Crippen LogP contribution in [0.3, 0.4) is 0 Å². The molecule has 0 fully saturated rings. The summed E-state index contributed by atoms with van der Waals surface area (Å²) in [5, 5.41) is 3.66. The summed E-state index contributed by atoms with van der Waals surface area (Å²) < 4.78 is 44.9. The second-order valence-corrected chi connectivity index (χ2v) is 4.53. The Morgan fingerprint density at radius 2 is 2.05 bits per heavy atom. The predicted molar refractivity (Wildman–Crippen MR) is 66.4 cm³/mol. The van der Waals surface area contributed by atoms with E-state index in [1.165, 1.54) is 24.0 Å². The summed E-state index contributed by atoms with van der Waals surface area (Å²) in [6.45, 7) is 1.67. The Bertz CT molecular complexity index is 652. The van der Waals surface area contributed by atoms with Crippen molar-refractivity contribution < 1.29 is 22.7 Å². The maximum absolute atomic E-state index is 13.0. The second kappa shape index (κ2) is 5.55. The zero-order valence-electron chi connectivity index (χ0n) is 11.3. The largest absolute Gasteiger partial charge is 0.444 e. The minimum absolute atomic E-state index is 0.0341. The van der Waals surface area contributed by atoms with E-state index >= 15 is 0 Å². The summed E-state index contributed by atoms with van der Waals surface area (Å²) in [4.78, 5) is 15.6. The highest BCUT2D eigenvalue weighted by atomic mass is 19.4. The molecule has 2 aromatic rings. The van der Waals surface area contributed by atoms with Crippen molar-refractivity contribution in [3.63, 3.8) is 0 Å². The molecule has 0 bridgehead atoms. The Hall–Kier alpha value is -2.38. The summed E-state index contributed by atoms with van der Waals surface area (Å²) in [6.07, 6.45) is -2.28. The van der Waals surface area contributed by atoms with E-state index in [9.17, 15) is 18.0 Å². The lowest BCUT2D eigenvalue weighted by Gasteiger charge is -2.19. The number of pyridine rings is 1. The first-order chi connectivity index (χ1) is 9.77. The van der Waals surface area contributed by atoms with E-state index in [-0.39, 0.29) is 11.1 Å². The highest BCUT2D eigenvalue weighted by Gasteiger charge is 2.45. The van der Waals surface area contributed by atoms with Crippen molar-refractivity contribution in [2.24, 2.45) is 7.05 Å². The molecule has 1 atom stereocenters. The average molecular weight is 299 g/mol. The fourth-order valence-electron chi connectivity index (χ4n) is 1.74. The van der Waals surface area contributed by atoms with E-state index in [4.69, 9.17) is 0 Å². The Morgan fingerprint density at radius 3 is 2.57 bits per heavy atom. The molecule has 112 valence electrons. The smallest absolute Gasteiger partial charge is 0.429 e. The van der Waals surface area contributed by atoms with Crippen LogP contribution in [0.4, 0.5) is 13.2 Å². The van der Waals surface area contributed by atoms with Gasteiger partial charge >= 0.3 is 12.1 Å². The molecule has 2 heterocycles. The Morgan fingerprint density at radius 1 is 1.33 bits per heavy atom. The fourth-order valence-corrected chi connectivity index (χ4v) is 1.74. The molecule has 0 aliphatic rings. The van der Waals surface area contributed by atoms with Crippen molar-refractivity contribution in [1.29, 1.82) is 0 Å². The first-order valence-electron chi connectivity index (χ1n) is 5.95. The van der Waals surface area contributed by atoms with Crippen LogP contribution in [0.5, 0.6) is 0 Å². The van der Waals surface area contributed by atoms with Gasteiger partial charge in [-0.25, -0.2) is 4.79 Å². The van der Waals surface area contributed by atoms with Crippen molar-refractivity contribution in [1.82, 2.24) is 14.8 Å². The maximum Gasteiger partial charge on any atom is 0.429 e. The lowest BCUT2D eigenvalue weighted by Crippen LogP contribution is -2.26. The lowest BCUT2D eigenvalue weighted by molar-refractivity contribution is -0.207. The number of carbonyl (C=O) groups is 1. The summed E-state index contributed by atoms with van der Waals surface area (Å²) in [6, 6.07) is 1.41. The number of alkyl halides is 3. The minimum Gasteiger partial charge on any atom is -0.444 e. The van der Waals surface area contributed by atoms with Gasteiger partial charge in [-0.3, -0.25) is 9.67 Å². The Kier molecular flexibility index (Phi) is 3.97. The normalized spacial score (nSPS) is 13.0. The molecule has 2 rings (SSSR count). The monoisotopic (exact) mass is 299 g/mol. The summed E-state index contributed by atoms with van der Waals surface area (Å²) >= 11 is 0. The molecule has 0 unspecified atom stereocenters. The van der Waals surface area contributed by atoms with Crippen molar-refractivity contribution in [3.05, 3.63) is 47.5 Å². The van der Waals surface area contributed by atoms with Crippen LogP contribution in [0, 0.1) is 6.92 Å². The molecule has 0 spiro atoms. The predicted octanol–water partition coefficient (Wildman–Crippen LogP) is 2.58. The van der Waals surface area contributed by atoms with Gasteiger partial charge in [-0.2, -0.15) is 18.3 Å². The van der Waals surface area contributed by atoms with Crippen molar-refractivity contribution in [2.75, 3.05) is 0 Å². The number of rotatable bonds is 3. The van der Waals surface area contributed by atoms with Gasteiger partial charge in [0.25, 0.3) is 0 Å². The van der Waals surface area contributed by atoms with Crippen LogP contribution in [0.15, 0.2) is 30.9 Å². The second-order valence-electron chi connectivity index (χ2n) is 4.53. The van der Waals surface area contributed by atoms with E-state index in [2.05, 4.69) is 14.8 Å². The van der Waals surface area contributed by atoms with Gasteiger partial charge < -0.3 is 4.74 Å². The van der Waals surface area contributed by atoms with Crippen LogP contribution in [0.25, 0.3) is 0 Å². The fraction of sp³-hybridized carbons (Fsp3) is 0.308. The van der Waals surface area contributed by atoms with Gasteiger partial charge in [-0.1, -0.05) is 0 Å².